The molecule has 0 amide bonds. The van der Waals surface area contributed by atoms with Crippen molar-refractivity contribution in [2.45, 2.75) is 37.0 Å². The second-order valence-corrected chi connectivity index (χ2v) is 11.8. The van der Waals surface area contributed by atoms with Gasteiger partial charge < -0.3 is 15.6 Å². The lowest BCUT2D eigenvalue weighted by atomic mass is 9.82. The summed E-state index contributed by atoms with van der Waals surface area (Å²) in [7, 11) is -9.02. The molecule has 4 rings (SSSR count). The Balaban J connectivity index is 1.96. The van der Waals surface area contributed by atoms with Crippen LogP contribution in [-0.2, 0) is 20.1 Å². The quantitative estimate of drug-likeness (QED) is 0.234. The first kappa shape index (κ1) is 26.5. The average molecular weight is 543 g/mol. The minimum absolute atomic E-state index is 0.0165. The third kappa shape index (κ3) is 4.64. The van der Waals surface area contributed by atoms with Gasteiger partial charge in [0.05, 0.1) is 32.3 Å². The van der Waals surface area contributed by atoms with Crippen LogP contribution in [0.25, 0.3) is 0 Å². The van der Waals surface area contributed by atoms with Crippen LogP contribution >= 0.6 is 0 Å². The van der Waals surface area contributed by atoms with Gasteiger partial charge in [-0.25, -0.2) is 21.6 Å². The summed E-state index contributed by atoms with van der Waals surface area (Å²) >= 11 is 0. The number of rotatable bonds is 7. The van der Waals surface area contributed by atoms with E-state index in [1.54, 1.807) is 32.0 Å². The number of nitrogens with one attached hydrogen (secondary N) is 2. The zero-order chi connectivity index (χ0) is 27.3. The minimum atomic E-state index is -5.14. The molecule has 0 radical (unpaired) electrons. The Morgan fingerprint density at radius 1 is 0.892 bits per heavy atom. The van der Waals surface area contributed by atoms with Gasteiger partial charge in [-0.05, 0) is 49.6 Å². The molecule has 0 heterocycles. The molecule has 0 saturated heterocycles. The lowest BCUT2D eigenvalue weighted by molar-refractivity contribution is 0.0980. The molecule has 0 atom stereocenters. The van der Waals surface area contributed by atoms with Gasteiger partial charge in [-0.3, -0.25) is 9.59 Å². The maximum absolute atomic E-state index is 13.5. The van der Waals surface area contributed by atoms with Crippen LogP contribution in [0.3, 0.4) is 0 Å². The SMILES string of the molecule is CCCNS(=O)(=O)c1cc(Nc2cc(S(=O)(=O)[O-])c(N)c3c2C(=O)c2ccccc2C3=O)cc(C)c1C. The highest BCUT2D eigenvalue weighted by Gasteiger charge is 2.35. The van der Waals surface area contributed by atoms with Crippen molar-refractivity contribution in [2.24, 2.45) is 0 Å². The molecule has 3 aromatic carbocycles. The third-order valence-electron chi connectivity index (χ3n) is 6.20. The molecule has 1 aliphatic rings. The Morgan fingerprint density at radius 2 is 1.49 bits per heavy atom. The predicted octanol–water partition coefficient (Wildman–Crippen LogP) is 3.00. The number of ketones is 2. The van der Waals surface area contributed by atoms with E-state index in [0.29, 0.717) is 17.5 Å². The average Bonchev–Trinajstić information content (AvgIpc) is 2.83. The topological polar surface area (TPSA) is 176 Å². The summed E-state index contributed by atoms with van der Waals surface area (Å²) in [6, 6.07) is 9.81. The summed E-state index contributed by atoms with van der Waals surface area (Å²) in [5.74, 6) is -1.31. The molecule has 0 saturated carbocycles. The fraction of sp³-hybridized carbons (Fsp3) is 0.200. The van der Waals surface area contributed by atoms with Crippen LogP contribution in [0.2, 0.25) is 0 Å². The van der Waals surface area contributed by atoms with Gasteiger partial charge in [-0.2, -0.15) is 0 Å². The largest absolute Gasteiger partial charge is 0.744 e. The van der Waals surface area contributed by atoms with Gasteiger partial charge in [0, 0.05) is 23.4 Å². The zero-order valence-electron chi connectivity index (χ0n) is 20.2. The molecule has 10 nitrogen and oxygen atoms in total. The summed E-state index contributed by atoms with van der Waals surface area (Å²) < 4.78 is 64.3. The molecule has 0 fully saturated rings. The molecule has 1 aliphatic carbocycles. The van der Waals surface area contributed by atoms with E-state index >= 15 is 0 Å². The van der Waals surface area contributed by atoms with E-state index in [1.165, 1.54) is 18.2 Å². The van der Waals surface area contributed by atoms with Crippen molar-refractivity contribution in [3.05, 3.63) is 75.8 Å². The number of sulfonamides is 1. The van der Waals surface area contributed by atoms with Gasteiger partial charge in [0.15, 0.2) is 11.6 Å². The van der Waals surface area contributed by atoms with E-state index < -0.39 is 47.9 Å². The first-order valence-electron chi connectivity index (χ1n) is 11.3. The molecule has 0 spiro atoms. The van der Waals surface area contributed by atoms with Gasteiger partial charge in [-0.15, -0.1) is 0 Å². The number of carbonyl (C=O) groups excluding carboxylic acids is 2. The molecule has 194 valence electrons. The van der Waals surface area contributed by atoms with Crippen LogP contribution in [-0.4, -0.2) is 39.5 Å². The Labute approximate surface area is 214 Å². The van der Waals surface area contributed by atoms with E-state index in [2.05, 4.69) is 10.0 Å². The van der Waals surface area contributed by atoms with E-state index in [1.807, 2.05) is 6.92 Å². The number of fused-ring (bicyclic) bond motifs is 2. The number of nitrogen functional groups attached to an aromatic ring is 1. The molecule has 0 aliphatic heterocycles. The number of aryl methyl sites for hydroxylation is 1. The van der Waals surface area contributed by atoms with Gasteiger partial charge >= 0.3 is 0 Å². The van der Waals surface area contributed by atoms with Crippen molar-refractivity contribution >= 4 is 48.8 Å². The van der Waals surface area contributed by atoms with Crippen molar-refractivity contribution in [3.8, 4) is 0 Å². The first-order chi connectivity index (χ1) is 17.3. The zero-order valence-corrected chi connectivity index (χ0v) is 21.8. The number of benzene rings is 3. The van der Waals surface area contributed by atoms with Crippen LogP contribution in [0.1, 0.15) is 56.3 Å². The van der Waals surface area contributed by atoms with Crippen molar-refractivity contribution in [3.63, 3.8) is 0 Å². The van der Waals surface area contributed by atoms with Crippen molar-refractivity contribution in [2.75, 3.05) is 17.6 Å². The third-order valence-corrected chi connectivity index (χ3v) is 8.66. The Bertz CT molecular complexity index is 1700. The Kier molecular flexibility index (Phi) is 6.71. The maximum atomic E-state index is 13.5. The fourth-order valence-electron chi connectivity index (χ4n) is 4.25. The van der Waals surface area contributed by atoms with Gasteiger partial charge in [0.2, 0.25) is 10.0 Å². The number of anilines is 3. The van der Waals surface area contributed by atoms with Crippen LogP contribution in [0, 0.1) is 13.8 Å². The predicted molar refractivity (Wildman–Crippen MR) is 137 cm³/mol. The standard InChI is InChI=1S/C25H25N3O7S2/c1-4-9-27-36(31,32)19-11-15(10-13(2)14(19)3)28-18-12-20(37(33,34)35)23(26)22-21(18)24(29)16-7-5-6-8-17(16)25(22)30/h5-8,10-12,27-28H,4,9,26H2,1-3H3,(H,33,34,35)/p-1. The maximum Gasteiger partial charge on any atom is 0.240 e. The minimum Gasteiger partial charge on any atom is -0.744 e. The second-order valence-electron chi connectivity index (χ2n) is 8.68. The summed E-state index contributed by atoms with van der Waals surface area (Å²) in [6.07, 6.45) is 0.580. The van der Waals surface area contributed by atoms with Gasteiger partial charge in [0.25, 0.3) is 0 Å². The number of hydrogen-bond acceptors (Lipinski definition) is 9. The highest BCUT2D eigenvalue weighted by atomic mass is 32.2. The second kappa shape index (κ2) is 9.38. The summed E-state index contributed by atoms with van der Waals surface area (Å²) in [4.78, 5) is 25.9. The molecule has 0 aromatic heterocycles. The lowest BCUT2D eigenvalue weighted by Crippen LogP contribution is -2.26. The first-order valence-corrected chi connectivity index (χ1v) is 14.2. The van der Waals surface area contributed by atoms with Crippen molar-refractivity contribution in [1.29, 1.82) is 0 Å². The summed E-state index contributed by atoms with van der Waals surface area (Å²) in [6.45, 7) is 5.38. The Morgan fingerprint density at radius 3 is 2.05 bits per heavy atom. The number of nitrogens with two attached hydrogens (primary N) is 1. The number of hydrogen-bond donors (Lipinski definition) is 3. The van der Waals surface area contributed by atoms with Gasteiger partial charge in [-0.1, -0.05) is 31.2 Å². The molecular weight excluding hydrogens is 518 g/mol. The van der Waals surface area contributed by atoms with Crippen molar-refractivity contribution in [1.82, 2.24) is 4.72 Å². The molecule has 12 heteroatoms. The summed E-state index contributed by atoms with van der Waals surface area (Å²) in [5, 5.41) is 2.87. The monoisotopic (exact) mass is 542 g/mol. The lowest BCUT2D eigenvalue weighted by Gasteiger charge is -2.25. The molecule has 37 heavy (non-hydrogen) atoms. The van der Waals surface area contributed by atoms with Gasteiger partial charge in [0.1, 0.15) is 10.1 Å². The molecule has 4 N–H and O–H groups in total. The highest BCUT2D eigenvalue weighted by Crippen LogP contribution is 2.40. The smallest absolute Gasteiger partial charge is 0.240 e. The van der Waals surface area contributed by atoms with E-state index in [4.69, 9.17) is 5.73 Å². The fourth-order valence-corrected chi connectivity index (χ4v) is 6.36. The van der Waals surface area contributed by atoms with E-state index in [0.717, 1.165) is 6.07 Å². The van der Waals surface area contributed by atoms with Crippen LogP contribution in [0.15, 0.2) is 52.3 Å². The van der Waals surface area contributed by atoms with E-state index in [9.17, 15) is 31.0 Å². The molecule has 3 aromatic rings. The van der Waals surface area contributed by atoms with Crippen LogP contribution in [0.5, 0.6) is 0 Å². The van der Waals surface area contributed by atoms with Crippen LogP contribution in [0.4, 0.5) is 17.1 Å². The van der Waals surface area contributed by atoms with Crippen LogP contribution < -0.4 is 15.8 Å². The molecular formula is C25H24N3O7S2-. The normalized spacial score (nSPS) is 13.3. The van der Waals surface area contributed by atoms with E-state index in [-0.39, 0.29) is 39.5 Å². The van der Waals surface area contributed by atoms with Crippen molar-refractivity contribution < 1.29 is 31.0 Å². The molecule has 0 unspecified atom stereocenters. The molecule has 0 bridgehead atoms. The summed E-state index contributed by atoms with van der Waals surface area (Å²) in [5.41, 5.74) is 5.98. The number of carbonyl (C=O) groups is 2. The highest BCUT2D eigenvalue weighted by molar-refractivity contribution is 7.89. The Hall–Kier alpha value is -3.58.